The van der Waals surface area contributed by atoms with Crippen molar-refractivity contribution < 1.29 is 9.53 Å². The minimum atomic E-state index is -0.659. The smallest absolute Gasteiger partial charge is 0.274 e. The molecule has 0 radical (unpaired) electrons. The Balaban J connectivity index is 1.45. The largest absolute Gasteiger partial charge is 0.481 e. The van der Waals surface area contributed by atoms with Gasteiger partial charge in [0.15, 0.2) is 6.10 Å². The van der Waals surface area contributed by atoms with Gasteiger partial charge in [-0.15, -0.1) is 11.8 Å². The van der Waals surface area contributed by atoms with E-state index in [4.69, 9.17) is 4.74 Å². The van der Waals surface area contributed by atoms with Gasteiger partial charge in [-0.3, -0.25) is 14.3 Å². The fourth-order valence-electron chi connectivity index (χ4n) is 3.30. The van der Waals surface area contributed by atoms with Gasteiger partial charge in [0.1, 0.15) is 12.1 Å². The molecule has 2 aromatic heterocycles. The number of benzene rings is 2. The van der Waals surface area contributed by atoms with Crippen LogP contribution in [0, 0.1) is 0 Å². The van der Waals surface area contributed by atoms with Gasteiger partial charge in [-0.25, -0.2) is 4.98 Å². The van der Waals surface area contributed by atoms with Crippen LogP contribution in [-0.4, -0.2) is 31.2 Å². The number of anilines is 1. The number of aromatic nitrogens is 4. The second kappa shape index (κ2) is 10.4. The molecule has 8 nitrogen and oxygen atoms in total. The molecule has 2 aromatic carbocycles. The van der Waals surface area contributed by atoms with Crippen molar-refractivity contribution in [3.63, 3.8) is 0 Å². The monoisotopic (exact) mass is 463 g/mol. The molecule has 1 atom stereocenters. The van der Waals surface area contributed by atoms with E-state index < -0.39 is 6.10 Å². The Labute approximate surface area is 195 Å². The van der Waals surface area contributed by atoms with Gasteiger partial charge in [-0.2, -0.15) is 9.50 Å². The lowest BCUT2D eigenvalue weighted by Crippen LogP contribution is -2.30. The van der Waals surface area contributed by atoms with E-state index in [0.29, 0.717) is 35.2 Å². The third-order valence-corrected chi connectivity index (χ3v) is 6.00. The Morgan fingerprint density at radius 1 is 1.15 bits per heavy atom. The first-order valence-electron chi connectivity index (χ1n) is 10.7. The van der Waals surface area contributed by atoms with Crippen LogP contribution in [-0.2, 0) is 17.1 Å². The van der Waals surface area contributed by atoms with Crippen LogP contribution in [0.2, 0.25) is 0 Å². The van der Waals surface area contributed by atoms with E-state index >= 15 is 0 Å². The average molecular weight is 464 g/mol. The molecule has 0 aliphatic carbocycles. The number of rotatable bonds is 9. The summed E-state index contributed by atoms with van der Waals surface area (Å²) in [5, 5.41) is 2.94. The molecule has 0 aliphatic rings. The minimum absolute atomic E-state index is 0.157. The maximum Gasteiger partial charge on any atom is 0.274 e. The summed E-state index contributed by atoms with van der Waals surface area (Å²) in [6, 6.07) is 18.3. The van der Waals surface area contributed by atoms with Crippen molar-refractivity contribution in [1.29, 1.82) is 0 Å². The number of hydrogen-bond donors (Lipinski definition) is 1. The Kier molecular flexibility index (Phi) is 7.09. The summed E-state index contributed by atoms with van der Waals surface area (Å²) in [6.45, 7) is 4.45. The molecular weight excluding hydrogens is 438 g/mol. The van der Waals surface area contributed by atoms with E-state index in [0.717, 1.165) is 11.3 Å². The molecule has 0 bridgehead atoms. The lowest BCUT2D eigenvalue weighted by molar-refractivity contribution is -0.122. The van der Waals surface area contributed by atoms with Gasteiger partial charge in [0.2, 0.25) is 0 Å². The quantitative estimate of drug-likeness (QED) is 0.377. The summed E-state index contributed by atoms with van der Waals surface area (Å²) in [5.41, 5.74) is 1.16. The van der Waals surface area contributed by atoms with Crippen LogP contribution in [0.3, 0.4) is 0 Å². The van der Waals surface area contributed by atoms with Crippen molar-refractivity contribution in [1.82, 2.24) is 19.2 Å². The highest BCUT2D eigenvalue weighted by Gasteiger charge is 2.17. The number of aryl methyl sites for hydroxylation is 1. The number of thioether (sulfide) groups is 1. The number of fused-ring (bicyclic) bond motifs is 1. The summed E-state index contributed by atoms with van der Waals surface area (Å²) in [5.74, 6) is 1.25. The summed E-state index contributed by atoms with van der Waals surface area (Å²) in [7, 11) is 0. The number of amides is 1. The highest BCUT2D eigenvalue weighted by Crippen LogP contribution is 2.29. The van der Waals surface area contributed by atoms with Crippen molar-refractivity contribution in [2.24, 2.45) is 0 Å². The van der Waals surface area contributed by atoms with E-state index in [1.165, 1.54) is 22.3 Å². The molecule has 0 aliphatic heterocycles. The Morgan fingerprint density at radius 2 is 1.91 bits per heavy atom. The molecule has 9 heteroatoms. The van der Waals surface area contributed by atoms with Gasteiger partial charge in [0.25, 0.3) is 17.2 Å². The van der Waals surface area contributed by atoms with Crippen LogP contribution in [0.15, 0.2) is 76.7 Å². The van der Waals surface area contributed by atoms with Gasteiger partial charge >= 0.3 is 0 Å². The molecule has 0 fully saturated rings. The standard InChI is InChI=1S/C24H25N5O3S/c1-3-13-28-16-25-24-26-18(14-22(30)29(24)28)15-33-21-12-8-7-11-20(21)27-23(31)17(2)32-19-9-5-4-6-10-19/h4-12,14,16-17H,3,13,15H2,1-2H3,(H,27,31)/t17-/m0/s1. The van der Waals surface area contributed by atoms with Crippen LogP contribution >= 0.6 is 11.8 Å². The first-order chi connectivity index (χ1) is 16.0. The van der Waals surface area contributed by atoms with Crippen LogP contribution in [0.25, 0.3) is 5.78 Å². The van der Waals surface area contributed by atoms with Gasteiger partial charge in [-0.05, 0) is 37.6 Å². The summed E-state index contributed by atoms with van der Waals surface area (Å²) >= 11 is 1.49. The van der Waals surface area contributed by atoms with Crippen molar-refractivity contribution in [3.05, 3.63) is 83.0 Å². The minimum Gasteiger partial charge on any atom is -0.481 e. The third-order valence-electron chi connectivity index (χ3n) is 4.89. The zero-order valence-electron chi connectivity index (χ0n) is 18.5. The highest BCUT2D eigenvalue weighted by atomic mass is 32.2. The van der Waals surface area contributed by atoms with Crippen molar-refractivity contribution in [3.8, 4) is 5.75 Å². The van der Waals surface area contributed by atoms with Gasteiger partial charge in [0.05, 0.1) is 11.4 Å². The predicted octanol–water partition coefficient (Wildman–Crippen LogP) is 4.00. The maximum absolute atomic E-state index is 12.7. The molecule has 0 spiro atoms. The van der Waals surface area contributed by atoms with Crippen LogP contribution in [0.5, 0.6) is 5.75 Å². The van der Waals surface area contributed by atoms with Crippen molar-refractivity contribution in [2.75, 3.05) is 5.32 Å². The molecule has 1 N–H and O–H groups in total. The molecule has 2 heterocycles. The SMILES string of the molecule is CCCn1cnc2nc(CSc3ccccc3NC(=O)[C@H](C)Oc3ccccc3)cc(=O)n21. The predicted molar refractivity (Wildman–Crippen MR) is 129 cm³/mol. The molecular formula is C24H25N5O3S. The lowest BCUT2D eigenvalue weighted by Gasteiger charge is -2.16. The van der Waals surface area contributed by atoms with Crippen molar-refractivity contribution >= 4 is 29.1 Å². The molecule has 0 unspecified atom stereocenters. The fourth-order valence-corrected chi connectivity index (χ4v) is 4.21. The molecule has 0 saturated carbocycles. The van der Waals surface area contributed by atoms with Gasteiger partial charge < -0.3 is 10.1 Å². The average Bonchev–Trinajstić information content (AvgIpc) is 3.22. The first-order valence-corrected chi connectivity index (χ1v) is 11.7. The number of carbonyl (C=O) groups is 1. The molecule has 4 rings (SSSR count). The molecule has 1 amide bonds. The maximum atomic E-state index is 12.7. The number of para-hydroxylation sites is 2. The van der Waals surface area contributed by atoms with Crippen LogP contribution in [0.1, 0.15) is 26.0 Å². The van der Waals surface area contributed by atoms with E-state index in [2.05, 4.69) is 15.3 Å². The van der Waals surface area contributed by atoms with E-state index in [1.807, 2.05) is 61.5 Å². The molecule has 170 valence electrons. The normalized spacial score (nSPS) is 11.9. The lowest BCUT2D eigenvalue weighted by atomic mass is 10.3. The third kappa shape index (κ3) is 5.43. The summed E-state index contributed by atoms with van der Waals surface area (Å²) in [6.07, 6.45) is 1.87. The number of nitrogens with zero attached hydrogens (tertiary/aromatic N) is 4. The highest BCUT2D eigenvalue weighted by molar-refractivity contribution is 7.98. The number of hydrogen-bond acceptors (Lipinski definition) is 6. The van der Waals surface area contributed by atoms with E-state index in [-0.39, 0.29) is 11.5 Å². The zero-order valence-corrected chi connectivity index (χ0v) is 19.3. The zero-order chi connectivity index (χ0) is 23.2. The number of nitrogens with one attached hydrogen (secondary N) is 1. The molecule has 33 heavy (non-hydrogen) atoms. The summed E-state index contributed by atoms with van der Waals surface area (Å²) < 4.78 is 8.97. The van der Waals surface area contributed by atoms with E-state index in [1.54, 1.807) is 17.9 Å². The van der Waals surface area contributed by atoms with Crippen molar-refractivity contribution in [2.45, 2.75) is 43.6 Å². The Morgan fingerprint density at radius 3 is 2.70 bits per heavy atom. The number of carbonyl (C=O) groups excluding carboxylic acids is 1. The second-order valence-electron chi connectivity index (χ2n) is 7.45. The Hall–Kier alpha value is -3.59. The van der Waals surface area contributed by atoms with E-state index in [9.17, 15) is 9.59 Å². The second-order valence-corrected chi connectivity index (χ2v) is 8.47. The Bertz CT molecular complexity index is 1300. The molecule has 0 saturated heterocycles. The topological polar surface area (TPSA) is 90.5 Å². The number of ether oxygens (including phenoxy) is 1. The van der Waals surface area contributed by atoms with Gasteiger partial charge in [-0.1, -0.05) is 37.3 Å². The first kappa shape index (κ1) is 22.6. The van der Waals surface area contributed by atoms with Gasteiger partial charge in [0, 0.05) is 23.3 Å². The summed E-state index contributed by atoms with van der Waals surface area (Å²) in [4.78, 5) is 34.9. The molecule has 4 aromatic rings. The van der Waals surface area contributed by atoms with Crippen LogP contribution in [0.4, 0.5) is 5.69 Å². The van der Waals surface area contributed by atoms with Crippen LogP contribution < -0.4 is 15.6 Å². The fraction of sp³-hybridized carbons (Fsp3) is 0.250.